The highest BCUT2D eigenvalue weighted by Crippen LogP contribution is 2.31. The van der Waals surface area contributed by atoms with Gasteiger partial charge in [0.05, 0.1) is 4.75 Å². The summed E-state index contributed by atoms with van der Waals surface area (Å²) in [6, 6.07) is 2.31. The van der Waals surface area contributed by atoms with E-state index in [9.17, 15) is 21.6 Å². The molecule has 1 aliphatic carbocycles. The highest BCUT2D eigenvalue weighted by molar-refractivity contribution is 7.90. The molecule has 2 aromatic heterocycles. The van der Waals surface area contributed by atoms with E-state index < -0.39 is 26.6 Å². The lowest BCUT2D eigenvalue weighted by atomic mass is 9.86. The van der Waals surface area contributed by atoms with E-state index >= 15 is 0 Å². The van der Waals surface area contributed by atoms with E-state index in [1.54, 1.807) is 20.8 Å². The highest BCUT2D eigenvalue weighted by Gasteiger charge is 2.33. The molecule has 7 nitrogen and oxygen atoms in total. The topological polar surface area (TPSA) is 97.1 Å². The minimum Gasteiger partial charge on any atom is -0.404 e. The van der Waals surface area contributed by atoms with Gasteiger partial charge in [-0.05, 0) is 64.5 Å². The van der Waals surface area contributed by atoms with Crippen molar-refractivity contribution in [2.45, 2.75) is 63.4 Å². The number of rotatable bonds is 5. The molecular formula is C18H25F3N4O3S. The summed E-state index contributed by atoms with van der Waals surface area (Å²) in [7, 11) is -3.37. The van der Waals surface area contributed by atoms with Crippen molar-refractivity contribution in [2.75, 3.05) is 11.9 Å². The van der Waals surface area contributed by atoms with Gasteiger partial charge in [0.1, 0.15) is 11.2 Å². The third-order valence-electron chi connectivity index (χ3n) is 5.09. The molecule has 2 heterocycles. The number of anilines is 1. The quantitative estimate of drug-likeness (QED) is 0.740. The highest BCUT2D eigenvalue weighted by atomic mass is 32.2. The van der Waals surface area contributed by atoms with E-state index in [1.807, 2.05) is 0 Å². The normalized spacial score (nSPS) is 21.4. The summed E-state index contributed by atoms with van der Waals surface area (Å²) >= 11 is 0. The SMILES string of the molecule is CC(C)(C)S(=O)(=O)NCC1CCC(Nc2nc3ccc(C(F)(F)F)nc3o2)CC1. The molecule has 29 heavy (non-hydrogen) atoms. The lowest BCUT2D eigenvalue weighted by Gasteiger charge is -2.29. The fraction of sp³-hybridized carbons (Fsp3) is 0.667. The number of oxazole rings is 1. The Balaban J connectivity index is 1.54. The summed E-state index contributed by atoms with van der Waals surface area (Å²) in [6.45, 7) is 5.37. The number of aromatic nitrogens is 2. The second-order valence-corrected chi connectivity index (χ2v) is 10.9. The monoisotopic (exact) mass is 434 g/mol. The molecule has 0 saturated heterocycles. The molecule has 0 unspecified atom stereocenters. The first-order valence-electron chi connectivity index (χ1n) is 9.46. The Labute approximate surface area is 167 Å². The second kappa shape index (κ2) is 7.75. The molecule has 162 valence electrons. The standard InChI is InChI=1S/C18H25F3N4O3S/c1-17(2,3)29(26,27)22-10-11-4-6-12(7-5-11)23-16-24-13-8-9-14(18(19,20)21)25-15(13)28-16/h8-9,11-12,22H,4-7,10H2,1-3H3,(H,23,24). The zero-order chi connectivity index (χ0) is 21.4. The summed E-state index contributed by atoms with van der Waals surface area (Å²) in [5, 5.41) is 3.11. The van der Waals surface area contributed by atoms with Gasteiger partial charge in [-0.1, -0.05) is 0 Å². The van der Waals surface area contributed by atoms with E-state index in [4.69, 9.17) is 4.42 Å². The van der Waals surface area contributed by atoms with Crippen molar-refractivity contribution >= 4 is 27.3 Å². The van der Waals surface area contributed by atoms with Gasteiger partial charge < -0.3 is 9.73 Å². The van der Waals surface area contributed by atoms with Gasteiger partial charge in [0.15, 0.2) is 0 Å². The Morgan fingerprint density at radius 1 is 1.10 bits per heavy atom. The summed E-state index contributed by atoms with van der Waals surface area (Å²) in [6.07, 6.45) is -1.34. The lowest BCUT2D eigenvalue weighted by Crippen LogP contribution is -2.42. The van der Waals surface area contributed by atoms with Gasteiger partial charge in [0.2, 0.25) is 15.7 Å². The number of hydrogen-bond donors (Lipinski definition) is 2. The van der Waals surface area contributed by atoms with Gasteiger partial charge in [-0.25, -0.2) is 18.1 Å². The number of halogens is 3. The third kappa shape index (κ3) is 5.19. The van der Waals surface area contributed by atoms with Gasteiger partial charge in [0, 0.05) is 12.6 Å². The van der Waals surface area contributed by atoms with Crippen LogP contribution < -0.4 is 10.0 Å². The molecule has 1 aliphatic rings. The molecule has 1 fully saturated rings. The largest absolute Gasteiger partial charge is 0.433 e. The molecule has 0 spiro atoms. The molecule has 0 aliphatic heterocycles. The van der Waals surface area contributed by atoms with E-state index in [-0.39, 0.29) is 29.2 Å². The molecule has 0 atom stereocenters. The predicted octanol–water partition coefficient (Wildman–Crippen LogP) is 3.93. The van der Waals surface area contributed by atoms with Crippen molar-refractivity contribution in [3.63, 3.8) is 0 Å². The van der Waals surface area contributed by atoms with Crippen molar-refractivity contribution in [2.24, 2.45) is 5.92 Å². The Hall–Kier alpha value is -1.88. The molecule has 3 rings (SSSR count). The van der Waals surface area contributed by atoms with Gasteiger partial charge in [-0.2, -0.15) is 18.2 Å². The number of nitrogens with zero attached hydrogens (tertiary/aromatic N) is 2. The summed E-state index contributed by atoms with van der Waals surface area (Å²) < 4.78 is 69.7. The minimum atomic E-state index is -4.54. The minimum absolute atomic E-state index is 0.0561. The van der Waals surface area contributed by atoms with E-state index in [1.165, 1.54) is 6.07 Å². The van der Waals surface area contributed by atoms with Crippen molar-refractivity contribution in [1.82, 2.24) is 14.7 Å². The number of hydrogen-bond acceptors (Lipinski definition) is 6. The van der Waals surface area contributed by atoms with Crippen LogP contribution in [0.3, 0.4) is 0 Å². The van der Waals surface area contributed by atoms with Crippen LogP contribution in [0.2, 0.25) is 0 Å². The molecule has 0 amide bonds. The number of pyridine rings is 1. The van der Waals surface area contributed by atoms with Crippen molar-refractivity contribution < 1.29 is 26.0 Å². The first-order valence-corrected chi connectivity index (χ1v) is 10.9. The number of sulfonamides is 1. The van der Waals surface area contributed by atoms with Gasteiger partial charge in [-0.3, -0.25) is 0 Å². The molecule has 1 saturated carbocycles. The maximum atomic E-state index is 12.8. The van der Waals surface area contributed by atoms with Crippen LogP contribution in [0.25, 0.3) is 11.2 Å². The Morgan fingerprint density at radius 2 is 1.76 bits per heavy atom. The fourth-order valence-corrected chi connectivity index (χ4v) is 4.05. The number of nitrogens with one attached hydrogen (secondary N) is 2. The molecule has 0 aromatic carbocycles. The van der Waals surface area contributed by atoms with Crippen molar-refractivity contribution in [3.05, 3.63) is 17.8 Å². The molecule has 11 heteroatoms. The smallest absolute Gasteiger partial charge is 0.404 e. The molecule has 0 bridgehead atoms. The maximum Gasteiger partial charge on any atom is 0.433 e. The molecular weight excluding hydrogens is 409 g/mol. The second-order valence-electron chi connectivity index (χ2n) is 8.36. The zero-order valence-electron chi connectivity index (χ0n) is 16.5. The van der Waals surface area contributed by atoms with Gasteiger partial charge in [0.25, 0.3) is 6.01 Å². The first kappa shape index (κ1) is 21.8. The Kier molecular flexibility index (Phi) is 5.83. The van der Waals surface area contributed by atoms with Crippen molar-refractivity contribution in [3.8, 4) is 0 Å². The summed E-state index contributed by atoms with van der Waals surface area (Å²) in [5.41, 5.74) is -0.927. The van der Waals surface area contributed by atoms with Crippen LogP contribution in [0.15, 0.2) is 16.5 Å². The molecule has 2 N–H and O–H groups in total. The van der Waals surface area contributed by atoms with E-state index in [2.05, 4.69) is 20.0 Å². The summed E-state index contributed by atoms with van der Waals surface area (Å²) in [5.74, 6) is 0.241. The average molecular weight is 434 g/mol. The third-order valence-corrected chi connectivity index (χ3v) is 7.25. The van der Waals surface area contributed by atoms with Crippen LogP contribution in [0, 0.1) is 5.92 Å². The van der Waals surface area contributed by atoms with Crippen LogP contribution in [0.5, 0.6) is 0 Å². The fourth-order valence-electron chi connectivity index (χ4n) is 3.17. The van der Waals surface area contributed by atoms with Crippen LogP contribution >= 0.6 is 0 Å². The van der Waals surface area contributed by atoms with E-state index in [0.717, 1.165) is 31.7 Å². The van der Waals surface area contributed by atoms with Crippen molar-refractivity contribution in [1.29, 1.82) is 0 Å². The lowest BCUT2D eigenvalue weighted by molar-refractivity contribution is -0.141. The predicted molar refractivity (Wildman–Crippen MR) is 103 cm³/mol. The Bertz CT molecular complexity index is 959. The van der Waals surface area contributed by atoms with E-state index in [0.29, 0.717) is 6.54 Å². The molecule has 0 radical (unpaired) electrons. The van der Waals surface area contributed by atoms with Crippen LogP contribution in [-0.4, -0.2) is 35.7 Å². The maximum absolute atomic E-state index is 12.8. The Morgan fingerprint density at radius 3 is 2.34 bits per heavy atom. The van der Waals surface area contributed by atoms with Gasteiger partial charge >= 0.3 is 6.18 Å². The first-order chi connectivity index (χ1) is 13.3. The van der Waals surface area contributed by atoms with Gasteiger partial charge in [-0.15, -0.1) is 0 Å². The van der Waals surface area contributed by atoms with Crippen LogP contribution in [0.4, 0.5) is 19.2 Å². The number of alkyl halides is 3. The zero-order valence-corrected chi connectivity index (χ0v) is 17.3. The number of fused-ring (bicyclic) bond motifs is 1. The summed E-state index contributed by atoms with van der Waals surface area (Å²) in [4.78, 5) is 7.63. The van der Waals surface area contributed by atoms with Crippen LogP contribution in [0.1, 0.15) is 52.1 Å². The molecule has 2 aromatic rings. The van der Waals surface area contributed by atoms with Crippen LogP contribution in [-0.2, 0) is 16.2 Å². The average Bonchev–Trinajstić information content (AvgIpc) is 3.01.